The smallest absolute Gasteiger partial charge is 0.193 e. The summed E-state index contributed by atoms with van der Waals surface area (Å²) in [7, 11) is 2.03. The van der Waals surface area contributed by atoms with Gasteiger partial charge in [0.2, 0.25) is 0 Å². The molecule has 0 aliphatic rings. The Labute approximate surface area is 107 Å². The highest BCUT2D eigenvalue weighted by Crippen LogP contribution is 2.18. The topological polar surface area (TPSA) is 29.3 Å². The van der Waals surface area contributed by atoms with Crippen molar-refractivity contribution >= 4 is 16.3 Å². The minimum Gasteiger partial charge on any atom is -0.319 e. The minimum atomic E-state index is 0.685. The molecule has 0 aromatic carbocycles. The molecule has 3 nitrogen and oxygen atoms in total. The van der Waals surface area contributed by atoms with Crippen LogP contribution in [0.15, 0.2) is 17.8 Å². The van der Waals surface area contributed by atoms with Gasteiger partial charge in [0.25, 0.3) is 0 Å². The van der Waals surface area contributed by atoms with Gasteiger partial charge in [-0.25, -0.2) is 4.98 Å². The molecule has 2 aromatic rings. The van der Waals surface area contributed by atoms with E-state index in [1.165, 1.54) is 12.1 Å². The van der Waals surface area contributed by atoms with Crippen molar-refractivity contribution in [1.29, 1.82) is 0 Å². The van der Waals surface area contributed by atoms with Crippen molar-refractivity contribution in [1.82, 2.24) is 14.7 Å². The molecule has 2 rings (SSSR count). The largest absolute Gasteiger partial charge is 0.319 e. The molecule has 2 heterocycles. The van der Waals surface area contributed by atoms with Gasteiger partial charge < -0.3 is 5.32 Å². The molecule has 0 aliphatic heterocycles. The van der Waals surface area contributed by atoms with Crippen LogP contribution in [0.3, 0.4) is 0 Å². The molecule has 4 heteroatoms. The lowest BCUT2D eigenvalue weighted by Gasteiger charge is -2.17. The van der Waals surface area contributed by atoms with Crippen molar-refractivity contribution in [3.63, 3.8) is 0 Å². The van der Waals surface area contributed by atoms with Gasteiger partial charge in [-0.2, -0.15) is 0 Å². The summed E-state index contributed by atoms with van der Waals surface area (Å²) in [6, 6.07) is 0. The molecule has 0 radical (unpaired) electrons. The summed E-state index contributed by atoms with van der Waals surface area (Å²) in [4.78, 5) is 5.76. The van der Waals surface area contributed by atoms with E-state index in [0.717, 1.165) is 23.8 Å². The van der Waals surface area contributed by atoms with E-state index in [1.807, 2.05) is 7.05 Å². The third-order valence-electron chi connectivity index (χ3n) is 2.94. The minimum absolute atomic E-state index is 0.685. The Morgan fingerprint density at radius 1 is 1.47 bits per heavy atom. The number of rotatable bonds is 6. The maximum Gasteiger partial charge on any atom is 0.193 e. The SMILES string of the molecule is CNCC(Cc1cn2ccsc2n1)CC(C)C. The normalized spacial score (nSPS) is 13.6. The van der Waals surface area contributed by atoms with E-state index in [-0.39, 0.29) is 0 Å². The van der Waals surface area contributed by atoms with Crippen molar-refractivity contribution in [2.45, 2.75) is 26.7 Å². The first kappa shape index (κ1) is 12.6. The second-order valence-electron chi connectivity index (χ2n) is 5.08. The molecule has 0 saturated heterocycles. The van der Waals surface area contributed by atoms with Gasteiger partial charge >= 0.3 is 0 Å². The van der Waals surface area contributed by atoms with Gasteiger partial charge in [-0.15, -0.1) is 11.3 Å². The number of imidazole rings is 1. The molecule has 0 aliphatic carbocycles. The maximum atomic E-state index is 4.66. The van der Waals surface area contributed by atoms with Gasteiger partial charge in [0, 0.05) is 17.8 Å². The first-order chi connectivity index (χ1) is 8.19. The van der Waals surface area contributed by atoms with E-state index < -0.39 is 0 Å². The molecule has 17 heavy (non-hydrogen) atoms. The van der Waals surface area contributed by atoms with Gasteiger partial charge in [-0.05, 0) is 38.3 Å². The van der Waals surface area contributed by atoms with E-state index in [1.54, 1.807) is 11.3 Å². The highest BCUT2D eigenvalue weighted by atomic mass is 32.1. The van der Waals surface area contributed by atoms with Crippen LogP contribution in [-0.4, -0.2) is 23.0 Å². The summed E-state index contributed by atoms with van der Waals surface area (Å²) >= 11 is 1.70. The Morgan fingerprint density at radius 2 is 2.29 bits per heavy atom. The Hall–Kier alpha value is -0.870. The molecular formula is C13H21N3S. The van der Waals surface area contributed by atoms with Crippen LogP contribution < -0.4 is 5.32 Å². The lowest BCUT2D eigenvalue weighted by atomic mass is 9.93. The fraction of sp³-hybridized carbons (Fsp3) is 0.615. The monoisotopic (exact) mass is 251 g/mol. The number of nitrogens with one attached hydrogen (secondary N) is 1. The average molecular weight is 251 g/mol. The van der Waals surface area contributed by atoms with E-state index in [9.17, 15) is 0 Å². The Kier molecular flexibility index (Phi) is 4.18. The fourth-order valence-corrected chi connectivity index (χ4v) is 3.08. The molecule has 1 N–H and O–H groups in total. The van der Waals surface area contributed by atoms with Crippen molar-refractivity contribution in [2.24, 2.45) is 11.8 Å². The van der Waals surface area contributed by atoms with Crippen LogP contribution in [0, 0.1) is 11.8 Å². The summed E-state index contributed by atoms with van der Waals surface area (Å²) in [5.41, 5.74) is 1.22. The van der Waals surface area contributed by atoms with Crippen LogP contribution >= 0.6 is 11.3 Å². The van der Waals surface area contributed by atoms with Crippen LogP contribution in [0.25, 0.3) is 4.96 Å². The van der Waals surface area contributed by atoms with Gasteiger partial charge in [0.05, 0.1) is 5.69 Å². The molecule has 1 atom stereocenters. The number of nitrogens with zero attached hydrogens (tertiary/aromatic N) is 2. The van der Waals surface area contributed by atoms with Crippen molar-refractivity contribution in [3.05, 3.63) is 23.5 Å². The molecule has 0 spiro atoms. The van der Waals surface area contributed by atoms with E-state index in [2.05, 4.69) is 46.3 Å². The van der Waals surface area contributed by atoms with E-state index in [4.69, 9.17) is 0 Å². The Morgan fingerprint density at radius 3 is 2.94 bits per heavy atom. The first-order valence-corrected chi connectivity index (χ1v) is 7.12. The number of thiazole rings is 1. The molecule has 0 fully saturated rings. The van der Waals surface area contributed by atoms with Gasteiger partial charge in [-0.3, -0.25) is 4.40 Å². The molecule has 1 unspecified atom stereocenters. The summed E-state index contributed by atoms with van der Waals surface area (Å²) < 4.78 is 2.12. The second-order valence-corrected chi connectivity index (χ2v) is 5.96. The zero-order valence-corrected chi connectivity index (χ0v) is 11.6. The highest BCUT2D eigenvalue weighted by molar-refractivity contribution is 7.15. The third kappa shape index (κ3) is 3.30. The molecule has 0 amide bonds. The van der Waals surface area contributed by atoms with E-state index in [0.29, 0.717) is 5.92 Å². The van der Waals surface area contributed by atoms with Crippen LogP contribution in [0.5, 0.6) is 0 Å². The van der Waals surface area contributed by atoms with Gasteiger partial charge in [0.15, 0.2) is 4.96 Å². The van der Waals surface area contributed by atoms with Crippen molar-refractivity contribution in [3.8, 4) is 0 Å². The summed E-state index contributed by atoms with van der Waals surface area (Å²) in [5.74, 6) is 1.43. The molecular weight excluding hydrogens is 230 g/mol. The van der Waals surface area contributed by atoms with E-state index >= 15 is 0 Å². The molecule has 0 saturated carbocycles. The molecule has 0 bridgehead atoms. The first-order valence-electron chi connectivity index (χ1n) is 6.24. The molecule has 94 valence electrons. The number of aromatic nitrogens is 2. The Bertz CT molecular complexity index is 429. The lowest BCUT2D eigenvalue weighted by Crippen LogP contribution is -2.22. The summed E-state index contributed by atoms with van der Waals surface area (Å²) in [6.07, 6.45) is 6.57. The van der Waals surface area contributed by atoms with Crippen LogP contribution in [0.1, 0.15) is 26.0 Å². The predicted molar refractivity (Wildman–Crippen MR) is 73.6 cm³/mol. The lowest BCUT2D eigenvalue weighted by molar-refractivity contribution is 0.393. The number of hydrogen-bond donors (Lipinski definition) is 1. The fourth-order valence-electron chi connectivity index (χ4n) is 2.36. The van der Waals surface area contributed by atoms with Crippen LogP contribution in [-0.2, 0) is 6.42 Å². The Balaban J connectivity index is 2.03. The molecule has 2 aromatic heterocycles. The standard InChI is InChI=1S/C13H21N3S/c1-10(2)6-11(8-14-3)7-12-9-16-4-5-17-13(16)15-12/h4-5,9-11,14H,6-8H2,1-3H3. The van der Waals surface area contributed by atoms with Gasteiger partial charge in [0.1, 0.15) is 0 Å². The second kappa shape index (κ2) is 5.65. The number of hydrogen-bond acceptors (Lipinski definition) is 3. The average Bonchev–Trinajstić information content (AvgIpc) is 2.76. The maximum absolute atomic E-state index is 4.66. The van der Waals surface area contributed by atoms with Crippen LogP contribution in [0.2, 0.25) is 0 Å². The summed E-state index contributed by atoms with van der Waals surface area (Å²) in [5, 5.41) is 5.36. The summed E-state index contributed by atoms with van der Waals surface area (Å²) in [6.45, 7) is 5.65. The highest BCUT2D eigenvalue weighted by Gasteiger charge is 2.13. The zero-order chi connectivity index (χ0) is 12.3. The van der Waals surface area contributed by atoms with Gasteiger partial charge in [-0.1, -0.05) is 13.8 Å². The predicted octanol–water partition coefficient (Wildman–Crippen LogP) is 2.82. The zero-order valence-electron chi connectivity index (χ0n) is 10.8. The number of fused-ring (bicyclic) bond motifs is 1. The van der Waals surface area contributed by atoms with Crippen molar-refractivity contribution < 1.29 is 0 Å². The van der Waals surface area contributed by atoms with Crippen molar-refractivity contribution in [2.75, 3.05) is 13.6 Å². The third-order valence-corrected chi connectivity index (χ3v) is 3.71. The quantitative estimate of drug-likeness (QED) is 0.855. The van der Waals surface area contributed by atoms with Crippen LogP contribution in [0.4, 0.5) is 0 Å².